The summed E-state index contributed by atoms with van der Waals surface area (Å²) in [6.45, 7) is 1.72. The van der Waals surface area contributed by atoms with Gasteiger partial charge in [0, 0.05) is 32.4 Å². The molecule has 0 aromatic carbocycles. The zero-order valence-corrected chi connectivity index (χ0v) is 11.0. The lowest BCUT2D eigenvalue weighted by atomic mass is 10.2. The minimum atomic E-state index is 0. The molecule has 0 spiro atoms. The van der Waals surface area contributed by atoms with Crippen LogP contribution in [0.2, 0.25) is 0 Å². The molecule has 1 aliphatic rings. The zero-order chi connectivity index (χ0) is 11.5. The summed E-state index contributed by atoms with van der Waals surface area (Å²) >= 11 is 0. The standard InChI is InChI=1S/C11H18N4O.ClH/c1-12-8-9-4-3-7-15(9)11(16)10-5-6-13-14(10)2;/h5-6,9,12H,3-4,7-8H2,1-2H3;1H. The Balaban J connectivity index is 0.00000144. The van der Waals surface area contributed by atoms with Crippen LogP contribution >= 0.6 is 12.4 Å². The number of rotatable bonds is 3. The fourth-order valence-electron chi connectivity index (χ4n) is 2.28. The summed E-state index contributed by atoms with van der Waals surface area (Å²) in [5.41, 5.74) is 0.669. The Bertz CT molecular complexity index is 379. The second kappa shape index (κ2) is 6.02. The maximum Gasteiger partial charge on any atom is 0.272 e. The molecule has 1 aromatic rings. The Morgan fingerprint density at radius 1 is 1.65 bits per heavy atom. The molecule has 1 saturated heterocycles. The first-order valence-corrected chi connectivity index (χ1v) is 5.67. The lowest BCUT2D eigenvalue weighted by Crippen LogP contribution is -2.41. The average Bonchev–Trinajstić information content (AvgIpc) is 2.87. The van der Waals surface area contributed by atoms with Crippen LogP contribution in [0.4, 0.5) is 0 Å². The second-order valence-corrected chi connectivity index (χ2v) is 4.19. The Hall–Kier alpha value is -1.07. The van der Waals surface area contributed by atoms with Crippen LogP contribution in [0.25, 0.3) is 0 Å². The fourth-order valence-corrected chi connectivity index (χ4v) is 2.28. The highest BCUT2D eigenvalue weighted by Gasteiger charge is 2.29. The van der Waals surface area contributed by atoms with Gasteiger partial charge in [0.25, 0.3) is 5.91 Å². The summed E-state index contributed by atoms with van der Waals surface area (Å²) in [5.74, 6) is 0.0951. The second-order valence-electron chi connectivity index (χ2n) is 4.19. The number of likely N-dealkylation sites (N-methyl/N-ethyl adjacent to an activating group) is 1. The van der Waals surface area contributed by atoms with Gasteiger partial charge in [0.1, 0.15) is 5.69 Å². The summed E-state index contributed by atoms with van der Waals surface area (Å²) in [6, 6.07) is 2.10. The molecule has 2 rings (SSSR count). The first kappa shape index (κ1) is 14.0. The number of hydrogen-bond acceptors (Lipinski definition) is 3. The molecular formula is C11H19ClN4O. The van der Waals surface area contributed by atoms with Gasteiger partial charge in [-0.3, -0.25) is 9.48 Å². The molecule has 5 nitrogen and oxygen atoms in total. The molecule has 6 heteroatoms. The molecule has 1 aromatic heterocycles. The molecule has 1 fully saturated rings. The third kappa shape index (κ3) is 2.79. The van der Waals surface area contributed by atoms with E-state index in [0.717, 1.165) is 25.9 Å². The number of carbonyl (C=O) groups excluding carboxylic acids is 1. The highest BCUT2D eigenvalue weighted by Crippen LogP contribution is 2.19. The minimum Gasteiger partial charge on any atom is -0.333 e. The van der Waals surface area contributed by atoms with Crippen LogP contribution in [-0.4, -0.2) is 46.8 Å². The van der Waals surface area contributed by atoms with Crippen LogP contribution < -0.4 is 5.32 Å². The maximum atomic E-state index is 12.3. The molecule has 1 aliphatic heterocycles. The van der Waals surface area contributed by atoms with Crippen molar-refractivity contribution in [1.29, 1.82) is 0 Å². The van der Waals surface area contributed by atoms with Gasteiger partial charge >= 0.3 is 0 Å². The number of carbonyl (C=O) groups is 1. The minimum absolute atomic E-state index is 0. The number of nitrogens with one attached hydrogen (secondary N) is 1. The van der Waals surface area contributed by atoms with E-state index in [-0.39, 0.29) is 18.3 Å². The van der Waals surface area contributed by atoms with Crippen molar-refractivity contribution < 1.29 is 4.79 Å². The number of amides is 1. The van der Waals surface area contributed by atoms with Crippen LogP contribution in [0.1, 0.15) is 23.3 Å². The van der Waals surface area contributed by atoms with Crippen molar-refractivity contribution in [2.45, 2.75) is 18.9 Å². The van der Waals surface area contributed by atoms with Gasteiger partial charge in [-0.1, -0.05) is 0 Å². The molecule has 1 unspecified atom stereocenters. The largest absolute Gasteiger partial charge is 0.333 e. The first-order chi connectivity index (χ1) is 7.74. The van der Waals surface area contributed by atoms with E-state index in [1.807, 2.05) is 11.9 Å². The topological polar surface area (TPSA) is 50.2 Å². The van der Waals surface area contributed by atoms with Gasteiger partial charge in [-0.05, 0) is 26.0 Å². The van der Waals surface area contributed by atoms with Crippen molar-refractivity contribution in [3.8, 4) is 0 Å². The van der Waals surface area contributed by atoms with Crippen molar-refractivity contribution in [1.82, 2.24) is 20.0 Å². The van der Waals surface area contributed by atoms with E-state index < -0.39 is 0 Å². The van der Waals surface area contributed by atoms with Crippen molar-refractivity contribution in [2.75, 3.05) is 20.1 Å². The molecule has 2 heterocycles. The third-order valence-corrected chi connectivity index (χ3v) is 3.12. The lowest BCUT2D eigenvalue weighted by molar-refractivity contribution is 0.0726. The molecule has 0 saturated carbocycles. The molecule has 1 atom stereocenters. The third-order valence-electron chi connectivity index (χ3n) is 3.12. The quantitative estimate of drug-likeness (QED) is 0.867. The smallest absolute Gasteiger partial charge is 0.272 e. The van der Waals surface area contributed by atoms with Gasteiger partial charge < -0.3 is 10.2 Å². The number of nitrogens with zero attached hydrogens (tertiary/aromatic N) is 3. The molecule has 0 radical (unpaired) electrons. The fraction of sp³-hybridized carbons (Fsp3) is 0.636. The maximum absolute atomic E-state index is 12.3. The zero-order valence-electron chi connectivity index (χ0n) is 10.2. The Morgan fingerprint density at radius 2 is 2.41 bits per heavy atom. The highest BCUT2D eigenvalue weighted by molar-refractivity contribution is 5.92. The first-order valence-electron chi connectivity index (χ1n) is 5.67. The van der Waals surface area contributed by atoms with E-state index in [1.165, 1.54) is 0 Å². The van der Waals surface area contributed by atoms with Gasteiger partial charge in [0.2, 0.25) is 0 Å². The summed E-state index contributed by atoms with van der Waals surface area (Å²) in [6.07, 6.45) is 3.84. The van der Waals surface area contributed by atoms with Gasteiger partial charge in [0.05, 0.1) is 0 Å². The molecular weight excluding hydrogens is 240 g/mol. The van der Waals surface area contributed by atoms with Crippen molar-refractivity contribution in [2.24, 2.45) is 7.05 Å². The van der Waals surface area contributed by atoms with Crippen LogP contribution in [0.15, 0.2) is 12.3 Å². The molecule has 96 valence electrons. The number of hydrogen-bond donors (Lipinski definition) is 1. The van der Waals surface area contributed by atoms with Crippen LogP contribution in [0, 0.1) is 0 Å². The number of halogens is 1. The van der Waals surface area contributed by atoms with Crippen molar-refractivity contribution in [3.05, 3.63) is 18.0 Å². The number of likely N-dealkylation sites (tertiary alicyclic amines) is 1. The number of aryl methyl sites for hydroxylation is 1. The van der Waals surface area contributed by atoms with Crippen molar-refractivity contribution >= 4 is 18.3 Å². The van der Waals surface area contributed by atoms with E-state index in [0.29, 0.717) is 11.7 Å². The Labute approximate surface area is 108 Å². The molecule has 1 amide bonds. The van der Waals surface area contributed by atoms with E-state index >= 15 is 0 Å². The average molecular weight is 259 g/mol. The normalized spacial score (nSPS) is 19.2. The predicted octanol–water partition coefficient (Wildman–Crippen LogP) is 0.666. The van der Waals surface area contributed by atoms with Gasteiger partial charge in [0.15, 0.2) is 0 Å². The van der Waals surface area contributed by atoms with Gasteiger partial charge in [-0.15, -0.1) is 12.4 Å². The highest BCUT2D eigenvalue weighted by atomic mass is 35.5. The molecule has 17 heavy (non-hydrogen) atoms. The summed E-state index contributed by atoms with van der Waals surface area (Å²) in [7, 11) is 3.72. The SMILES string of the molecule is CNCC1CCCN1C(=O)c1ccnn1C.Cl. The van der Waals surface area contributed by atoms with Gasteiger partial charge in [-0.2, -0.15) is 5.10 Å². The van der Waals surface area contributed by atoms with Crippen LogP contribution in [0.5, 0.6) is 0 Å². The van der Waals surface area contributed by atoms with E-state index in [2.05, 4.69) is 10.4 Å². The predicted molar refractivity (Wildman–Crippen MR) is 68.4 cm³/mol. The Morgan fingerprint density at radius 3 is 3.00 bits per heavy atom. The van der Waals surface area contributed by atoms with Gasteiger partial charge in [-0.25, -0.2) is 0 Å². The van der Waals surface area contributed by atoms with Crippen molar-refractivity contribution in [3.63, 3.8) is 0 Å². The van der Waals surface area contributed by atoms with E-state index in [1.54, 1.807) is 24.0 Å². The van der Waals surface area contributed by atoms with Crippen LogP contribution in [0.3, 0.4) is 0 Å². The monoisotopic (exact) mass is 258 g/mol. The molecule has 0 aliphatic carbocycles. The molecule has 1 N–H and O–H groups in total. The lowest BCUT2D eigenvalue weighted by Gasteiger charge is -2.24. The summed E-state index contributed by atoms with van der Waals surface area (Å²) in [5, 5.41) is 7.17. The Kier molecular flexibility index (Phi) is 4.96. The summed E-state index contributed by atoms with van der Waals surface area (Å²) < 4.78 is 1.64. The molecule has 0 bridgehead atoms. The van der Waals surface area contributed by atoms with E-state index in [9.17, 15) is 4.79 Å². The van der Waals surface area contributed by atoms with E-state index in [4.69, 9.17) is 0 Å². The summed E-state index contributed by atoms with van der Waals surface area (Å²) in [4.78, 5) is 14.2. The van der Waals surface area contributed by atoms with Crippen LogP contribution in [-0.2, 0) is 7.05 Å². The number of aromatic nitrogens is 2.